The van der Waals surface area contributed by atoms with Gasteiger partial charge in [0.05, 0.1) is 12.6 Å². The highest BCUT2D eigenvalue weighted by molar-refractivity contribution is 6.02. The number of hydrogen-bond donors (Lipinski definition) is 0. The maximum Gasteiger partial charge on any atom is 0.254 e. The van der Waals surface area contributed by atoms with E-state index in [1.165, 1.54) is 0 Å². The molecule has 2 aliphatic rings. The van der Waals surface area contributed by atoms with E-state index in [1.54, 1.807) is 0 Å². The number of carbonyl (C=O) groups is 1. The van der Waals surface area contributed by atoms with Gasteiger partial charge in [-0.3, -0.25) is 4.79 Å². The first-order chi connectivity index (χ1) is 6.08. The molecule has 1 amide bonds. The number of allylic oxidation sites excluding steroid dienone is 1. The Hall–Kier alpha value is -0.830. The van der Waals surface area contributed by atoms with Gasteiger partial charge in [-0.15, -0.1) is 0 Å². The Kier molecular flexibility index (Phi) is 1.74. The quantitative estimate of drug-likeness (QED) is 0.416. The van der Waals surface area contributed by atoms with E-state index in [2.05, 4.69) is 0 Å². The molecule has 0 aliphatic carbocycles. The lowest BCUT2D eigenvalue weighted by Crippen LogP contribution is -2.67. The molecule has 0 aromatic carbocycles. The molecule has 1 atom stereocenters. The van der Waals surface area contributed by atoms with Crippen LogP contribution in [0.4, 0.5) is 0 Å². The first kappa shape index (κ1) is 8.75. The molecule has 2 aliphatic heterocycles. The van der Waals surface area contributed by atoms with Crippen molar-refractivity contribution in [3.05, 3.63) is 11.6 Å². The van der Waals surface area contributed by atoms with Gasteiger partial charge in [0.1, 0.15) is 5.72 Å². The molecule has 0 spiro atoms. The van der Waals surface area contributed by atoms with Gasteiger partial charge in [-0.25, -0.2) is 0 Å². The van der Waals surface area contributed by atoms with Crippen molar-refractivity contribution in [1.82, 2.24) is 4.90 Å². The smallest absolute Gasteiger partial charge is 0.254 e. The Morgan fingerprint density at radius 3 is 2.92 bits per heavy atom. The molecule has 0 aromatic heterocycles. The Morgan fingerprint density at radius 1 is 1.62 bits per heavy atom. The number of hydrogen-bond acceptors (Lipinski definition) is 2. The standard InChI is InChI=1S/C10H15NO2/c1-4-7-8-5-6-13-10(2,3)11(8)9(7)12/h4,8H,5-6H2,1-3H3/b7-4+. The van der Waals surface area contributed by atoms with Crippen LogP contribution in [0.3, 0.4) is 0 Å². The van der Waals surface area contributed by atoms with Crippen molar-refractivity contribution in [2.24, 2.45) is 0 Å². The number of fused-ring (bicyclic) bond motifs is 1. The zero-order valence-electron chi connectivity index (χ0n) is 8.33. The fraction of sp³-hybridized carbons (Fsp3) is 0.700. The van der Waals surface area contributed by atoms with Crippen LogP contribution in [0.15, 0.2) is 11.6 Å². The summed E-state index contributed by atoms with van der Waals surface area (Å²) in [6.45, 7) is 6.57. The fourth-order valence-corrected chi connectivity index (χ4v) is 2.21. The zero-order chi connectivity index (χ0) is 9.64. The van der Waals surface area contributed by atoms with Gasteiger partial charge < -0.3 is 9.64 Å². The average molecular weight is 181 g/mol. The summed E-state index contributed by atoms with van der Waals surface area (Å²) in [4.78, 5) is 13.5. The van der Waals surface area contributed by atoms with Crippen LogP contribution in [0.5, 0.6) is 0 Å². The van der Waals surface area contributed by atoms with Gasteiger partial charge in [0, 0.05) is 5.57 Å². The maximum atomic E-state index is 11.6. The van der Waals surface area contributed by atoms with Gasteiger partial charge in [0.2, 0.25) is 0 Å². The predicted octanol–water partition coefficient (Wildman–Crippen LogP) is 1.30. The summed E-state index contributed by atoms with van der Waals surface area (Å²) in [6, 6.07) is 0.307. The molecule has 1 unspecified atom stereocenters. The molecule has 3 heteroatoms. The lowest BCUT2D eigenvalue weighted by molar-refractivity contribution is -0.204. The van der Waals surface area contributed by atoms with Crippen molar-refractivity contribution in [1.29, 1.82) is 0 Å². The molecule has 0 bridgehead atoms. The molecule has 2 saturated heterocycles. The second-order valence-electron chi connectivity index (χ2n) is 4.02. The average Bonchev–Trinajstić information content (AvgIpc) is 2.02. The Morgan fingerprint density at radius 2 is 2.31 bits per heavy atom. The highest BCUT2D eigenvalue weighted by atomic mass is 16.5. The minimum absolute atomic E-state index is 0.136. The second kappa shape index (κ2) is 2.58. The Balaban J connectivity index is 2.26. The SMILES string of the molecule is C/C=C1/C(=O)N2C1CCOC2(C)C. The summed E-state index contributed by atoms with van der Waals surface area (Å²) in [5.74, 6) is 0.136. The summed E-state index contributed by atoms with van der Waals surface area (Å²) >= 11 is 0. The first-order valence-electron chi connectivity index (χ1n) is 4.72. The van der Waals surface area contributed by atoms with Crippen molar-refractivity contribution < 1.29 is 9.53 Å². The summed E-state index contributed by atoms with van der Waals surface area (Å²) in [7, 11) is 0. The molecule has 2 fully saturated rings. The van der Waals surface area contributed by atoms with E-state index in [1.807, 2.05) is 31.7 Å². The minimum atomic E-state index is -0.410. The number of amides is 1. The molecule has 2 heterocycles. The second-order valence-corrected chi connectivity index (χ2v) is 4.02. The molecule has 3 nitrogen and oxygen atoms in total. The minimum Gasteiger partial charge on any atom is -0.356 e. The van der Waals surface area contributed by atoms with Crippen LogP contribution in [-0.2, 0) is 9.53 Å². The van der Waals surface area contributed by atoms with Crippen LogP contribution in [0.2, 0.25) is 0 Å². The lowest BCUT2D eigenvalue weighted by atomic mass is 9.87. The van der Waals surface area contributed by atoms with Crippen molar-refractivity contribution in [3.63, 3.8) is 0 Å². The van der Waals surface area contributed by atoms with Crippen molar-refractivity contribution in [3.8, 4) is 0 Å². The van der Waals surface area contributed by atoms with Crippen molar-refractivity contribution >= 4 is 5.91 Å². The highest BCUT2D eigenvalue weighted by Gasteiger charge is 2.51. The van der Waals surface area contributed by atoms with E-state index in [0.29, 0.717) is 6.04 Å². The van der Waals surface area contributed by atoms with Crippen LogP contribution in [0, 0.1) is 0 Å². The molecule has 72 valence electrons. The number of ether oxygens (including phenoxy) is 1. The van der Waals surface area contributed by atoms with Gasteiger partial charge in [-0.2, -0.15) is 0 Å². The van der Waals surface area contributed by atoms with Crippen LogP contribution in [0.1, 0.15) is 27.2 Å². The van der Waals surface area contributed by atoms with E-state index in [4.69, 9.17) is 4.74 Å². The molecule has 13 heavy (non-hydrogen) atoms. The molecule has 0 saturated carbocycles. The predicted molar refractivity (Wildman–Crippen MR) is 49.0 cm³/mol. The van der Waals surface area contributed by atoms with E-state index in [9.17, 15) is 4.79 Å². The van der Waals surface area contributed by atoms with Gasteiger partial charge in [0.15, 0.2) is 0 Å². The number of rotatable bonds is 0. The Bertz CT molecular complexity index is 281. The third kappa shape index (κ3) is 1.03. The van der Waals surface area contributed by atoms with E-state index >= 15 is 0 Å². The number of nitrogens with zero attached hydrogens (tertiary/aromatic N) is 1. The molecular weight excluding hydrogens is 166 g/mol. The normalized spacial score (nSPS) is 34.4. The molecule has 0 radical (unpaired) electrons. The topological polar surface area (TPSA) is 29.5 Å². The van der Waals surface area contributed by atoms with Crippen LogP contribution >= 0.6 is 0 Å². The third-order valence-electron chi connectivity index (χ3n) is 2.87. The first-order valence-corrected chi connectivity index (χ1v) is 4.72. The van der Waals surface area contributed by atoms with Crippen molar-refractivity contribution in [2.75, 3.05) is 6.61 Å². The lowest BCUT2D eigenvalue weighted by Gasteiger charge is -2.54. The molecule has 0 N–H and O–H groups in total. The third-order valence-corrected chi connectivity index (χ3v) is 2.87. The monoisotopic (exact) mass is 181 g/mol. The summed E-state index contributed by atoms with van der Waals surface area (Å²) in [5, 5.41) is 0. The fourth-order valence-electron chi connectivity index (χ4n) is 2.21. The van der Waals surface area contributed by atoms with Crippen molar-refractivity contribution in [2.45, 2.75) is 39.0 Å². The Labute approximate surface area is 78.4 Å². The largest absolute Gasteiger partial charge is 0.356 e. The molecule has 0 aromatic rings. The van der Waals surface area contributed by atoms with Gasteiger partial charge in [-0.1, -0.05) is 6.08 Å². The molecule has 2 rings (SSSR count). The van der Waals surface area contributed by atoms with Crippen LogP contribution < -0.4 is 0 Å². The number of β-lactam (4-membered cyclic amide) rings is 1. The summed E-state index contributed by atoms with van der Waals surface area (Å²) in [5.41, 5.74) is 0.545. The van der Waals surface area contributed by atoms with Gasteiger partial charge in [0.25, 0.3) is 5.91 Å². The van der Waals surface area contributed by atoms with E-state index in [-0.39, 0.29) is 5.91 Å². The van der Waals surface area contributed by atoms with Crippen LogP contribution in [0.25, 0.3) is 0 Å². The van der Waals surface area contributed by atoms with E-state index < -0.39 is 5.72 Å². The van der Waals surface area contributed by atoms with Gasteiger partial charge in [-0.05, 0) is 27.2 Å². The summed E-state index contributed by atoms with van der Waals surface area (Å²) < 4.78 is 5.54. The van der Waals surface area contributed by atoms with Crippen LogP contribution in [-0.4, -0.2) is 29.2 Å². The highest BCUT2D eigenvalue weighted by Crippen LogP contribution is 2.39. The van der Waals surface area contributed by atoms with Gasteiger partial charge >= 0.3 is 0 Å². The zero-order valence-corrected chi connectivity index (χ0v) is 8.33. The van der Waals surface area contributed by atoms with E-state index in [0.717, 1.165) is 18.6 Å². The number of carbonyl (C=O) groups excluding carboxylic acids is 1. The maximum absolute atomic E-state index is 11.6. The molecular formula is C10H15NO2. The summed E-state index contributed by atoms with van der Waals surface area (Å²) in [6.07, 6.45) is 2.86.